The molecule has 0 aliphatic heterocycles. The molecule has 0 heterocycles. The Morgan fingerprint density at radius 1 is 1.37 bits per heavy atom. The Balaban J connectivity index is 2.38. The molecule has 0 aromatic heterocycles. The third-order valence-corrected chi connectivity index (χ3v) is 5.90. The van der Waals surface area contributed by atoms with Gasteiger partial charge in [-0.15, -0.1) is 0 Å². The second-order valence-electron chi connectivity index (χ2n) is 5.43. The van der Waals surface area contributed by atoms with Crippen molar-refractivity contribution in [3.8, 4) is 0 Å². The maximum atomic E-state index is 12.7. The lowest BCUT2D eigenvalue weighted by atomic mass is 10.2. The van der Waals surface area contributed by atoms with Gasteiger partial charge in [0.25, 0.3) is 0 Å². The number of hydrogen-bond acceptors (Lipinski definition) is 3. The summed E-state index contributed by atoms with van der Waals surface area (Å²) < 4.78 is 26.9. The minimum atomic E-state index is -3.46. The standard InChI is InChI=1S/C14H22N2O2S/c1-10-4-5-11(2)14(8-10)19(17,18)16(3)13(9-15)12-6-7-12/h4-5,8,12-13H,6-7,9,15H2,1-3H3. The predicted molar refractivity (Wildman–Crippen MR) is 76.4 cm³/mol. The van der Waals surface area contributed by atoms with Crippen LogP contribution in [0.1, 0.15) is 24.0 Å². The highest BCUT2D eigenvalue weighted by atomic mass is 32.2. The number of sulfonamides is 1. The molecule has 1 aromatic rings. The molecule has 1 aliphatic carbocycles. The largest absolute Gasteiger partial charge is 0.329 e. The van der Waals surface area contributed by atoms with E-state index >= 15 is 0 Å². The molecule has 0 spiro atoms. The van der Waals surface area contributed by atoms with Gasteiger partial charge in [0.15, 0.2) is 0 Å². The second kappa shape index (κ2) is 5.23. The van der Waals surface area contributed by atoms with Crippen LogP contribution in [-0.2, 0) is 10.0 Å². The van der Waals surface area contributed by atoms with Crippen molar-refractivity contribution in [3.05, 3.63) is 29.3 Å². The van der Waals surface area contributed by atoms with Crippen LogP contribution in [0.5, 0.6) is 0 Å². The van der Waals surface area contributed by atoms with E-state index in [0.29, 0.717) is 17.4 Å². The van der Waals surface area contributed by atoms with Gasteiger partial charge >= 0.3 is 0 Å². The number of aryl methyl sites for hydroxylation is 2. The van der Waals surface area contributed by atoms with Gasteiger partial charge in [0.05, 0.1) is 4.90 Å². The lowest BCUT2D eigenvalue weighted by Gasteiger charge is -2.27. The quantitative estimate of drug-likeness (QED) is 0.893. The smallest absolute Gasteiger partial charge is 0.243 e. The van der Waals surface area contributed by atoms with Gasteiger partial charge in [0.2, 0.25) is 10.0 Å². The van der Waals surface area contributed by atoms with Gasteiger partial charge in [-0.3, -0.25) is 0 Å². The van der Waals surface area contributed by atoms with E-state index < -0.39 is 10.0 Å². The minimum absolute atomic E-state index is 0.0788. The number of rotatable bonds is 5. The van der Waals surface area contributed by atoms with E-state index in [4.69, 9.17) is 5.73 Å². The molecule has 1 aliphatic rings. The fourth-order valence-electron chi connectivity index (χ4n) is 2.44. The van der Waals surface area contributed by atoms with E-state index in [1.165, 1.54) is 4.31 Å². The molecule has 19 heavy (non-hydrogen) atoms. The molecule has 0 saturated heterocycles. The van der Waals surface area contributed by atoms with E-state index in [9.17, 15) is 8.42 Å². The van der Waals surface area contributed by atoms with Crippen LogP contribution in [0.25, 0.3) is 0 Å². The van der Waals surface area contributed by atoms with Crippen LogP contribution in [-0.4, -0.2) is 32.4 Å². The molecule has 1 atom stereocenters. The molecule has 106 valence electrons. The van der Waals surface area contributed by atoms with Gasteiger partial charge in [0, 0.05) is 19.6 Å². The monoisotopic (exact) mass is 282 g/mol. The molecule has 1 aromatic carbocycles. The van der Waals surface area contributed by atoms with Gasteiger partial charge < -0.3 is 5.73 Å². The van der Waals surface area contributed by atoms with E-state index in [0.717, 1.165) is 24.0 Å². The average Bonchev–Trinajstić information content (AvgIpc) is 3.17. The van der Waals surface area contributed by atoms with Crippen molar-refractivity contribution in [1.82, 2.24) is 4.31 Å². The normalized spacial score (nSPS) is 17.7. The van der Waals surface area contributed by atoms with Crippen molar-refractivity contribution in [2.75, 3.05) is 13.6 Å². The molecule has 5 heteroatoms. The maximum Gasteiger partial charge on any atom is 0.243 e. The molecule has 0 bridgehead atoms. The molecule has 2 rings (SSSR count). The summed E-state index contributed by atoms with van der Waals surface area (Å²) in [5.74, 6) is 0.426. The van der Waals surface area contributed by atoms with E-state index in [1.54, 1.807) is 13.1 Å². The zero-order valence-electron chi connectivity index (χ0n) is 11.8. The van der Waals surface area contributed by atoms with Crippen LogP contribution in [0, 0.1) is 19.8 Å². The fourth-order valence-corrected chi connectivity index (χ4v) is 4.17. The van der Waals surface area contributed by atoms with Crippen LogP contribution < -0.4 is 5.73 Å². The highest BCUT2D eigenvalue weighted by Crippen LogP contribution is 2.36. The SMILES string of the molecule is Cc1ccc(C)c(S(=O)(=O)N(C)C(CN)C2CC2)c1. The molecule has 2 N–H and O–H groups in total. The molecule has 4 nitrogen and oxygen atoms in total. The van der Waals surface area contributed by atoms with Crippen LogP contribution in [0.3, 0.4) is 0 Å². The van der Waals surface area contributed by atoms with Crippen molar-refractivity contribution in [2.24, 2.45) is 11.7 Å². The molecule has 1 saturated carbocycles. The first-order valence-electron chi connectivity index (χ1n) is 6.63. The van der Waals surface area contributed by atoms with Crippen LogP contribution in [0.15, 0.2) is 23.1 Å². The van der Waals surface area contributed by atoms with Crippen LogP contribution >= 0.6 is 0 Å². The van der Waals surface area contributed by atoms with Crippen LogP contribution in [0.2, 0.25) is 0 Å². The summed E-state index contributed by atoms with van der Waals surface area (Å²) in [5.41, 5.74) is 7.48. The minimum Gasteiger partial charge on any atom is -0.329 e. The first-order chi connectivity index (χ1) is 8.87. The first kappa shape index (κ1) is 14.5. The van der Waals surface area contributed by atoms with E-state index in [2.05, 4.69) is 0 Å². The Morgan fingerprint density at radius 3 is 2.53 bits per heavy atom. The van der Waals surface area contributed by atoms with Crippen molar-refractivity contribution < 1.29 is 8.42 Å². The Morgan fingerprint density at radius 2 is 2.00 bits per heavy atom. The van der Waals surface area contributed by atoms with Gasteiger partial charge in [-0.05, 0) is 49.8 Å². The fraction of sp³-hybridized carbons (Fsp3) is 0.571. The number of nitrogens with zero attached hydrogens (tertiary/aromatic N) is 1. The number of likely N-dealkylation sites (N-methyl/N-ethyl adjacent to an activating group) is 1. The summed E-state index contributed by atoms with van der Waals surface area (Å²) in [7, 11) is -1.81. The lowest BCUT2D eigenvalue weighted by Crippen LogP contribution is -2.43. The van der Waals surface area contributed by atoms with E-state index in [-0.39, 0.29) is 6.04 Å². The first-order valence-corrected chi connectivity index (χ1v) is 8.07. The summed E-state index contributed by atoms with van der Waals surface area (Å²) in [6.07, 6.45) is 2.16. The van der Waals surface area contributed by atoms with Crippen molar-refractivity contribution in [3.63, 3.8) is 0 Å². The van der Waals surface area contributed by atoms with Gasteiger partial charge in [0.1, 0.15) is 0 Å². The van der Waals surface area contributed by atoms with Gasteiger partial charge in [-0.1, -0.05) is 12.1 Å². The molecule has 0 amide bonds. The van der Waals surface area contributed by atoms with Crippen molar-refractivity contribution in [2.45, 2.75) is 37.6 Å². The highest BCUT2D eigenvalue weighted by Gasteiger charge is 2.38. The summed E-state index contributed by atoms with van der Waals surface area (Å²) in [6.45, 7) is 4.11. The molecular formula is C14H22N2O2S. The summed E-state index contributed by atoms with van der Waals surface area (Å²) in [5, 5.41) is 0. The third-order valence-electron chi connectivity index (χ3n) is 3.88. The summed E-state index contributed by atoms with van der Waals surface area (Å²) in [4.78, 5) is 0.397. The molecular weight excluding hydrogens is 260 g/mol. The van der Waals surface area contributed by atoms with Crippen LogP contribution in [0.4, 0.5) is 0 Å². The van der Waals surface area contributed by atoms with Gasteiger partial charge in [-0.2, -0.15) is 4.31 Å². The Bertz CT molecular complexity index is 565. The molecule has 0 radical (unpaired) electrons. The lowest BCUT2D eigenvalue weighted by molar-refractivity contribution is 0.340. The zero-order chi connectivity index (χ0) is 14.2. The Hall–Kier alpha value is -0.910. The summed E-state index contributed by atoms with van der Waals surface area (Å²) in [6, 6.07) is 5.44. The zero-order valence-corrected chi connectivity index (χ0v) is 12.6. The second-order valence-corrected chi connectivity index (χ2v) is 7.40. The predicted octanol–water partition coefficient (Wildman–Crippen LogP) is 1.66. The number of benzene rings is 1. The maximum absolute atomic E-state index is 12.7. The topological polar surface area (TPSA) is 63.4 Å². The third kappa shape index (κ3) is 2.83. The van der Waals surface area contributed by atoms with Crippen molar-refractivity contribution in [1.29, 1.82) is 0 Å². The Kier molecular flexibility index (Phi) is 3.99. The molecule has 1 unspecified atom stereocenters. The molecule has 1 fully saturated rings. The Labute approximate surface area is 115 Å². The number of hydrogen-bond donors (Lipinski definition) is 1. The van der Waals surface area contributed by atoms with Crippen molar-refractivity contribution >= 4 is 10.0 Å². The van der Waals surface area contributed by atoms with Gasteiger partial charge in [-0.25, -0.2) is 8.42 Å². The van der Waals surface area contributed by atoms with E-state index in [1.807, 2.05) is 26.0 Å². The number of nitrogens with two attached hydrogens (primary N) is 1. The highest BCUT2D eigenvalue weighted by molar-refractivity contribution is 7.89. The average molecular weight is 282 g/mol. The summed E-state index contributed by atoms with van der Waals surface area (Å²) >= 11 is 0.